The molecular formula is C16H22FNO. The molecule has 2 aliphatic rings. The Balaban J connectivity index is 1.42. The van der Waals surface area contributed by atoms with Crippen LogP contribution in [-0.2, 0) is 4.74 Å². The molecule has 1 N–H and O–H groups in total. The molecular weight excluding hydrogens is 241 g/mol. The fraction of sp³-hybridized carbons (Fsp3) is 0.625. The van der Waals surface area contributed by atoms with E-state index < -0.39 is 0 Å². The number of hydrogen-bond donors (Lipinski definition) is 1. The van der Waals surface area contributed by atoms with Crippen LogP contribution >= 0.6 is 0 Å². The van der Waals surface area contributed by atoms with E-state index in [-0.39, 0.29) is 5.82 Å². The van der Waals surface area contributed by atoms with Gasteiger partial charge in [-0.15, -0.1) is 0 Å². The van der Waals surface area contributed by atoms with Crippen molar-refractivity contribution in [3.8, 4) is 0 Å². The lowest BCUT2D eigenvalue weighted by Gasteiger charge is -2.37. The Bertz CT molecular complexity index is 411. The second kappa shape index (κ2) is 6.02. The van der Waals surface area contributed by atoms with Crippen LogP contribution in [0, 0.1) is 5.82 Å². The van der Waals surface area contributed by atoms with Gasteiger partial charge in [-0.1, -0.05) is 18.2 Å². The maximum Gasteiger partial charge on any atom is 0.126 e. The summed E-state index contributed by atoms with van der Waals surface area (Å²) in [4.78, 5) is 0. The van der Waals surface area contributed by atoms with Gasteiger partial charge in [0, 0.05) is 19.2 Å². The molecule has 1 unspecified atom stereocenters. The largest absolute Gasteiger partial charge is 0.377 e. The zero-order chi connectivity index (χ0) is 13.1. The van der Waals surface area contributed by atoms with Crippen LogP contribution in [0.15, 0.2) is 24.3 Å². The van der Waals surface area contributed by atoms with E-state index in [1.807, 2.05) is 12.1 Å². The van der Waals surface area contributed by atoms with Gasteiger partial charge in [0.15, 0.2) is 0 Å². The van der Waals surface area contributed by atoms with E-state index in [2.05, 4.69) is 5.32 Å². The molecule has 0 amide bonds. The highest BCUT2D eigenvalue weighted by molar-refractivity contribution is 5.24. The molecule has 1 atom stereocenters. The average Bonchev–Trinajstić information content (AvgIpc) is 2.40. The summed E-state index contributed by atoms with van der Waals surface area (Å²) in [6.45, 7) is 1.86. The summed E-state index contributed by atoms with van der Waals surface area (Å²) in [5.74, 6) is 0.340. The van der Waals surface area contributed by atoms with Crippen LogP contribution in [0.2, 0.25) is 0 Å². The summed E-state index contributed by atoms with van der Waals surface area (Å²) >= 11 is 0. The van der Waals surface area contributed by atoms with Crippen molar-refractivity contribution in [3.05, 3.63) is 35.6 Å². The van der Waals surface area contributed by atoms with Gasteiger partial charge in [0.25, 0.3) is 0 Å². The van der Waals surface area contributed by atoms with Gasteiger partial charge in [-0.2, -0.15) is 0 Å². The van der Waals surface area contributed by atoms with E-state index in [0.717, 1.165) is 31.6 Å². The zero-order valence-electron chi connectivity index (χ0n) is 11.3. The molecule has 19 heavy (non-hydrogen) atoms. The molecule has 1 aliphatic carbocycles. The van der Waals surface area contributed by atoms with E-state index in [1.54, 1.807) is 12.1 Å². The SMILES string of the molecule is Fc1ccccc1C1CC(NCC2CCCCO2)C1. The summed E-state index contributed by atoms with van der Waals surface area (Å²) in [6.07, 6.45) is 6.16. The molecule has 1 aliphatic heterocycles. The second-order valence-corrected chi connectivity index (χ2v) is 5.78. The maximum absolute atomic E-state index is 13.6. The number of halogens is 1. The Morgan fingerprint density at radius 1 is 1.21 bits per heavy atom. The molecule has 0 bridgehead atoms. The Morgan fingerprint density at radius 2 is 2.05 bits per heavy atom. The van der Waals surface area contributed by atoms with E-state index >= 15 is 0 Å². The normalized spacial score (nSPS) is 30.9. The third-order valence-corrected chi connectivity index (χ3v) is 4.39. The molecule has 1 aromatic carbocycles. The highest BCUT2D eigenvalue weighted by Crippen LogP contribution is 2.37. The van der Waals surface area contributed by atoms with Gasteiger partial charge in [0.2, 0.25) is 0 Å². The van der Waals surface area contributed by atoms with Gasteiger partial charge in [-0.3, -0.25) is 0 Å². The molecule has 104 valence electrons. The first-order valence-corrected chi connectivity index (χ1v) is 7.42. The smallest absolute Gasteiger partial charge is 0.126 e. The van der Waals surface area contributed by atoms with Crippen molar-refractivity contribution in [2.24, 2.45) is 0 Å². The average molecular weight is 263 g/mol. The third-order valence-electron chi connectivity index (χ3n) is 4.39. The highest BCUT2D eigenvalue weighted by atomic mass is 19.1. The fourth-order valence-electron chi connectivity index (χ4n) is 3.11. The Morgan fingerprint density at radius 3 is 2.79 bits per heavy atom. The fourth-order valence-corrected chi connectivity index (χ4v) is 3.11. The summed E-state index contributed by atoms with van der Waals surface area (Å²) < 4.78 is 19.3. The predicted molar refractivity (Wildman–Crippen MR) is 73.8 cm³/mol. The summed E-state index contributed by atoms with van der Waals surface area (Å²) in [7, 11) is 0. The first-order valence-electron chi connectivity index (χ1n) is 7.42. The molecule has 0 spiro atoms. The monoisotopic (exact) mass is 263 g/mol. The molecule has 3 heteroatoms. The van der Waals surface area contributed by atoms with Crippen LogP contribution in [0.1, 0.15) is 43.6 Å². The van der Waals surface area contributed by atoms with E-state index in [0.29, 0.717) is 18.1 Å². The van der Waals surface area contributed by atoms with Crippen LogP contribution in [0.25, 0.3) is 0 Å². The van der Waals surface area contributed by atoms with Crippen molar-refractivity contribution < 1.29 is 9.13 Å². The van der Waals surface area contributed by atoms with Crippen LogP contribution in [-0.4, -0.2) is 25.3 Å². The van der Waals surface area contributed by atoms with Gasteiger partial charge < -0.3 is 10.1 Å². The number of benzene rings is 1. The lowest BCUT2D eigenvalue weighted by Crippen LogP contribution is -2.44. The molecule has 2 nitrogen and oxygen atoms in total. The molecule has 1 heterocycles. The predicted octanol–water partition coefficient (Wildman–Crippen LogP) is 3.23. The minimum absolute atomic E-state index is 0.0541. The standard InChI is InChI=1S/C16H22FNO/c17-16-7-2-1-6-15(16)12-9-13(10-12)18-11-14-5-3-4-8-19-14/h1-2,6-7,12-14,18H,3-5,8-11H2. The number of rotatable bonds is 4. The lowest BCUT2D eigenvalue weighted by atomic mass is 9.75. The van der Waals surface area contributed by atoms with Gasteiger partial charge in [0.1, 0.15) is 5.82 Å². The molecule has 1 aromatic rings. The molecule has 0 radical (unpaired) electrons. The van der Waals surface area contributed by atoms with Crippen molar-refractivity contribution in [1.82, 2.24) is 5.32 Å². The molecule has 1 saturated heterocycles. The molecule has 3 rings (SSSR count). The Kier molecular flexibility index (Phi) is 4.14. The van der Waals surface area contributed by atoms with Gasteiger partial charge in [0.05, 0.1) is 6.10 Å². The molecule has 2 fully saturated rings. The molecule has 1 saturated carbocycles. The van der Waals surface area contributed by atoms with Crippen LogP contribution in [0.3, 0.4) is 0 Å². The summed E-state index contributed by atoms with van der Waals surface area (Å²) in [5, 5.41) is 3.56. The first kappa shape index (κ1) is 13.1. The minimum Gasteiger partial charge on any atom is -0.377 e. The summed E-state index contributed by atoms with van der Waals surface area (Å²) in [5.41, 5.74) is 0.884. The van der Waals surface area contributed by atoms with Crippen molar-refractivity contribution >= 4 is 0 Å². The van der Waals surface area contributed by atoms with Crippen molar-refractivity contribution in [3.63, 3.8) is 0 Å². The Hall–Kier alpha value is -0.930. The van der Waals surface area contributed by atoms with Gasteiger partial charge in [-0.25, -0.2) is 4.39 Å². The molecule has 0 aromatic heterocycles. The zero-order valence-corrected chi connectivity index (χ0v) is 11.3. The number of nitrogens with one attached hydrogen (secondary N) is 1. The number of hydrogen-bond acceptors (Lipinski definition) is 2. The topological polar surface area (TPSA) is 21.3 Å². The Labute approximate surface area is 114 Å². The highest BCUT2D eigenvalue weighted by Gasteiger charge is 2.32. The van der Waals surface area contributed by atoms with Crippen LogP contribution in [0.4, 0.5) is 4.39 Å². The quantitative estimate of drug-likeness (QED) is 0.900. The number of ether oxygens (including phenoxy) is 1. The van der Waals surface area contributed by atoms with Gasteiger partial charge in [-0.05, 0) is 49.7 Å². The second-order valence-electron chi connectivity index (χ2n) is 5.78. The van der Waals surface area contributed by atoms with Crippen molar-refractivity contribution in [2.45, 2.75) is 50.2 Å². The maximum atomic E-state index is 13.6. The van der Waals surface area contributed by atoms with Crippen LogP contribution in [0.5, 0.6) is 0 Å². The lowest BCUT2D eigenvalue weighted by molar-refractivity contribution is 0.0132. The van der Waals surface area contributed by atoms with Crippen molar-refractivity contribution in [1.29, 1.82) is 0 Å². The summed E-state index contributed by atoms with van der Waals surface area (Å²) in [6, 6.07) is 7.70. The third kappa shape index (κ3) is 3.15. The van der Waals surface area contributed by atoms with E-state index in [1.165, 1.54) is 19.3 Å². The van der Waals surface area contributed by atoms with E-state index in [4.69, 9.17) is 4.74 Å². The van der Waals surface area contributed by atoms with Gasteiger partial charge >= 0.3 is 0 Å². The minimum atomic E-state index is -0.0541. The van der Waals surface area contributed by atoms with Crippen molar-refractivity contribution in [2.75, 3.05) is 13.2 Å². The van der Waals surface area contributed by atoms with Crippen LogP contribution < -0.4 is 5.32 Å². The van der Waals surface area contributed by atoms with E-state index in [9.17, 15) is 4.39 Å². The first-order chi connectivity index (χ1) is 9.33.